The summed E-state index contributed by atoms with van der Waals surface area (Å²) in [6.45, 7) is 4.20. The molecule has 1 saturated heterocycles. The van der Waals surface area contributed by atoms with Crippen molar-refractivity contribution in [3.63, 3.8) is 0 Å². The molecule has 164 valence electrons. The predicted octanol–water partition coefficient (Wildman–Crippen LogP) is 4.47. The Morgan fingerprint density at radius 3 is 2.87 bits per heavy atom. The lowest BCUT2D eigenvalue weighted by atomic mass is 9.46. The molecule has 30 heavy (non-hydrogen) atoms. The van der Waals surface area contributed by atoms with Crippen molar-refractivity contribution in [3.8, 4) is 0 Å². The van der Waals surface area contributed by atoms with Crippen molar-refractivity contribution >= 4 is 29.5 Å². The summed E-state index contributed by atoms with van der Waals surface area (Å²) in [4.78, 5) is 25.7. The minimum absolute atomic E-state index is 0.00817. The average Bonchev–Trinajstić information content (AvgIpc) is 3.12. The number of benzene rings is 1. The maximum absolute atomic E-state index is 12.7. The Labute approximate surface area is 182 Å². The number of rotatable bonds is 4. The molecule has 1 heterocycles. The first kappa shape index (κ1) is 21.5. The smallest absolute Gasteiger partial charge is 0.411 e. The van der Waals surface area contributed by atoms with Crippen LogP contribution in [0.1, 0.15) is 46.0 Å². The van der Waals surface area contributed by atoms with Gasteiger partial charge in [0, 0.05) is 21.9 Å². The molecule has 2 aliphatic carbocycles. The van der Waals surface area contributed by atoms with E-state index < -0.39 is 11.5 Å². The van der Waals surface area contributed by atoms with Gasteiger partial charge in [0.1, 0.15) is 12.2 Å². The highest BCUT2D eigenvalue weighted by molar-refractivity contribution is 7.98. The number of anilines is 1. The van der Waals surface area contributed by atoms with E-state index in [2.05, 4.69) is 12.2 Å². The summed E-state index contributed by atoms with van der Waals surface area (Å²) < 4.78 is 11.4. The lowest BCUT2D eigenvalue weighted by Gasteiger charge is -2.59. The molecule has 1 amide bonds. The van der Waals surface area contributed by atoms with Gasteiger partial charge in [0.05, 0.1) is 13.0 Å². The molecule has 3 aliphatic rings. The quantitative estimate of drug-likeness (QED) is 0.538. The molecule has 6 nitrogen and oxygen atoms in total. The molecule has 0 radical (unpaired) electrons. The van der Waals surface area contributed by atoms with Crippen LogP contribution in [0.5, 0.6) is 0 Å². The molecule has 1 aromatic rings. The van der Waals surface area contributed by atoms with Gasteiger partial charge >= 0.3 is 12.1 Å². The highest BCUT2D eigenvalue weighted by Crippen LogP contribution is 2.62. The van der Waals surface area contributed by atoms with Gasteiger partial charge in [-0.3, -0.25) is 10.1 Å². The van der Waals surface area contributed by atoms with Gasteiger partial charge in [-0.15, -0.1) is 11.8 Å². The second kappa shape index (κ2) is 8.08. The lowest BCUT2D eigenvalue weighted by Crippen LogP contribution is -2.59. The van der Waals surface area contributed by atoms with Gasteiger partial charge in [0.15, 0.2) is 0 Å². The first-order valence-corrected chi connectivity index (χ1v) is 11.9. The summed E-state index contributed by atoms with van der Waals surface area (Å²) in [7, 11) is 0. The van der Waals surface area contributed by atoms with Gasteiger partial charge < -0.3 is 14.6 Å². The fourth-order valence-corrected chi connectivity index (χ4v) is 6.73. The van der Waals surface area contributed by atoms with Crippen LogP contribution in [0.25, 0.3) is 0 Å². The molecule has 0 aromatic heterocycles. The molecule has 2 saturated carbocycles. The maximum atomic E-state index is 12.7. The highest BCUT2D eigenvalue weighted by Gasteiger charge is 2.62. The second-order valence-corrected chi connectivity index (χ2v) is 10.3. The van der Waals surface area contributed by atoms with Crippen LogP contribution in [0.4, 0.5) is 10.5 Å². The number of carbonyl (C=O) groups excluding carboxylic acids is 2. The molecule has 3 fully saturated rings. The predicted molar refractivity (Wildman–Crippen MR) is 115 cm³/mol. The van der Waals surface area contributed by atoms with E-state index in [4.69, 9.17) is 9.47 Å². The van der Waals surface area contributed by atoms with Gasteiger partial charge in [0.25, 0.3) is 0 Å². The third-order valence-corrected chi connectivity index (χ3v) is 8.61. The van der Waals surface area contributed by atoms with E-state index in [1.54, 1.807) is 11.8 Å². The fraction of sp³-hybridized carbons (Fsp3) is 0.652. The van der Waals surface area contributed by atoms with Crippen LogP contribution >= 0.6 is 11.8 Å². The largest absolute Gasteiger partial charge is 0.462 e. The second-order valence-electron chi connectivity index (χ2n) is 9.43. The molecule has 0 spiro atoms. The molecule has 1 aliphatic heterocycles. The summed E-state index contributed by atoms with van der Waals surface area (Å²) in [5.74, 6) is 0.235. The van der Waals surface area contributed by atoms with E-state index in [-0.39, 0.29) is 42.0 Å². The monoisotopic (exact) mass is 433 g/mol. The lowest BCUT2D eigenvalue weighted by molar-refractivity contribution is -0.174. The number of aliphatic hydroxyl groups excluding tert-OH is 1. The van der Waals surface area contributed by atoms with Crippen LogP contribution in [0, 0.1) is 22.7 Å². The number of esters is 1. The number of nitrogens with one attached hydrogen (secondary N) is 1. The minimum atomic E-state index is -0.554. The van der Waals surface area contributed by atoms with Crippen molar-refractivity contribution < 1.29 is 24.2 Å². The molecule has 7 heteroatoms. The number of hydrogen-bond acceptors (Lipinski definition) is 6. The third-order valence-electron chi connectivity index (χ3n) is 7.88. The molecule has 0 unspecified atom stereocenters. The standard InChI is InChI=1S/C23H31NO5S/c1-22-10-9-19(29-21(27)24-14-5-4-6-15(11-14)30-3)23(2,13-25)18(22)8-7-17-16(22)12-20(26)28-17/h4-6,11,16-19,25H,7-10,12-13H2,1-3H3,(H,24,27)/t16-,17+,18-,19-,22+,23+/m1/s1. The summed E-state index contributed by atoms with van der Waals surface area (Å²) in [5.41, 5.74) is 0.0396. The number of hydrogen-bond donors (Lipinski definition) is 2. The molecule has 6 atom stereocenters. The number of fused-ring (bicyclic) bond motifs is 3. The van der Waals surface area contributed by atoms with Crippen LogP contribution in [0.15, 0.2) is 29.2 Å². The Hall–Kier alpha value is -1.73. The zero-order chi connectivity index (χ0) is 21.5. The Kier molecular flexibility index (Phi) is 5.79. The van der Waals surface area contributed by atoms with E-state index in [0.29, 0.717) is 18.5 Å². The van der Waals surface area contributed by atoms with Gasteiger partial charge in [-0.25, -0.2) is 4.79 Å². The molecular formula is C23H31NO5S. The van der Waals surface area contributed by atoms with E-state index in [9.17, 15) is 14.7 Å². The minimum Gasteiger partial charge on any atom is -0.462 e. The number of ether oxygens (including phenoxy) is 2. The normalized spacial score (nSPS) is 37.7. The zero-order valence-electron chi connectivity index (χ0n) is 17.8. The van der Waals surface area contributed by atoms with E-state index in [1.165, 1.54) is 0 Å². The highest BCUT2D eigenvalue weighted by atomic mass is 32.2. The van der Waals surface area contributed by atoms with Crippen molar-refractivity contribution in [1.29, 1.82) is 0 Å². The van der Waals surface area contributed by atoms with E-state index >= 15 is 0 Å². The number of aliphatic hydroxyl groups is 1. The summed E-state index contributed by atoms with van der Waals surface area (Å²) >= 11 is 1.61. The first-order valence-electron chi connectivity index (χ1n) is 10.7. The van der Waals surface area contributed by atoms with Crippen LogP contribution in [-0.4, -0.2) is 42.2 Å². The summed E-state index contributed by atoms with van der Waals surface area (Å²) in [6.07, 6.45) is 4.76. The number of thioether (sulfide) groups is 1. The van der Waals surface area contributed by atoms with E-state index in [0.717, 1.165) is 24.2 Å². The van der Waals surface area contributed by atoms with Crippen molar-refractivity contribution in [1.82, 2.24) is 0 Å². The maximum Gasteiger partial charge on any atom is 0.411 e. The van der Waals surface area contributed by atoms with E-state index in [1.807, 2.05) is 37.4 Å². The van der Waals surface area contributed by atoms with Crippen LogP contribution in [0.3, 0.4) is 0 Å². The SMILES string of the molecule is CSc1cccc(NC(=O)O[C@@H]2CC[C@]3(C)[C@@H](CC[C@@H]4OC(=O)C[C@H]43)[C@]2(C)CO)c1. The topological polar surface area (TPSA) is 84.9 Å². The van der Waals surface area contributed by atoms with Gasteiger partial charge in [-0.1, -0.05) is 19.9 Å². The molecule has 2 N–H and O–H groups in total. The van der Waals surface area contributed by atoms with Gasteiger partial charge in [-0.2, -0.15) is 0 Å². The van der Waals surface area contributed by atoms with Crippen LogP contribution in [0.2, 0.25) is 0 Å². The van der Waals surface area contributed by atoms with Gasteiger partial charge in [0.2, 0.25) is 0 Å². The zero-order valence-corrected chi connectivity index (χ0v) is 18.7. The summed E-state index contributed by atoms with van der Waals surface area (Å²) in [6, 6.07) is 7.63. The van der Waals surface area contributed by atoms with Crippen LogP contribution < -0.4 is 5.32 Å². The van der Waals surface area contributed by atoms with Crippen molar-refractivity contribution in [2.75, 3.05) is 18.2 Å². The van der Waals surface area contributed by atoms with Crippen molar-refractivity contribution in [3.05, 3.63) is 24.3 Å². The molecular weight excluding hydrogens is 402 g/mol. The number of amides is 1. The fourth-order valence-electron chi connectivity index (χ4n) is 6.27. The average molecular weight is 434 g/mol. The van der Waals surface area contributed by atoms with Crippen molar-refractivity contribution in [2.45, 2.75) is 63.1 Å². The first-order chi connectivity index (χ1) is 14.3. The van der Waals surface area contributed by atoms with Gasteiger partial charge in [-0.05, 0) is 61.5 Å². The van der Waals surface area contributed by atoms with Crippen molar-refractivity contribution in [2.24, 2.45) is 22.7 Å². The molecule has 1 aromatic carbocycles. The third kappa shape index (κ3) is 3.60. The molecule has 4 rings (SSSR count). The Balaban J connectivity index is 1.50. The Morgan fingerprint density at radius 2 is 2.13 bits per heavy atom. The Bertz CT molecular complexity index is 832. The molecule has 0 bridgehead atoms. The summed E-state index contributed by atoms with van der Waals surface area (Å²) in [5, 5.41) is 13.3. The van der Waals surface area contributed by atoms with Crippen LogP contribution in [-0.2, 0) is 14.3 Å². The number of carbonyl (C=O) groups is 2. The Morgan fingerprint density at radius 1 is 1.33 bits per heavy atom.